The summed E-state index contributed by atoms with van der Waals surface area (Å²) < 4.78 is 0. The van der Waals surface area contributed by atoms with E-state index in [1.54, 1.807) is 0 Å². The first-order valence-electron chi connectivity index (χ1n) is 9.39. The lowest BCUT2D eigenvalue weighted by atomic mass is 9.89. The number of aliphatic hydroxyl groups is 1. The SMILES string of the molecule is OC1C(c2ccccc2Cc2ccccc2)CCN1Cc1ccccc1. The van der Waals surface area contributed by atoms with E-state index in [0.29, 0.717) is 0 Å². The number of likely N-dealkylation sites (tertiary alicyclic amines) is 1. The number of hydrogen-bond donors (Lipinski definition) is 1. The molecule has 2 unspecified atom stereocenters. The monoisotopic (exact) mass is 343 g/mol. The van der Waals surface area contributed by atoms with Crippen molar-refractivity contribution in [2.45, 2.75) is 31.5 Å². The molecule has 1 aliphatic rings. The van der Waals surface area contributed by atoms with Crippen molar-refractivity contribution >= 4 is 0 Å². The molecule has 4 rings (SSSR count). The third kappa shape index (κ3) is 3.72. The second-order valence-corrected chi connectivity index (χ2v) is 7.13. The average Bonchev–Trinajstić information content (AvgIpc) is 3.04. The van der Waals surface area contributed by atoms with Crippen molar-refractivity contribution in [1.82, 2.24) is 4.90 Å². The standard InChI is InChI=1S/C24H25NO/c26-24-23(15-16-25(24)18-20-11-5-2-6-12-20)22-14-8-7-13-21(22)17-19-9-3-1-4-10-19/h1-14,23-24,26H,15-18H2. The smallest absolute Gasteiger partial charge is 0.114 e. The van der Waals surface area contributed by atoms with Gasteiger partial charge in [0.1, 0.15) is 6.23 Å². The molecule has 0 aromatic heterocycles. The highest BCUT2D eigenvalue weighted by Gasteiger charge is 2.34. The molecule has 1 saturated heterocycles. The Hall–Kier alpha value is -2.42. The Morgan fingerprint density at radius 2 is 1.38 bits per heavy atom. The molecule has 0 saturated carbocycles. The second kappa shape index (κ2) is 7.86. The second-order valence-electron chi connectivity index (χ2n) is 7.13. The van der Waals surface area contributed by atoms with Gasteiger partial charge in [0.05, 0.1) is 0 Å². The number of rotatable bonds is 5. The Morgan fingerprint density at radius 1 is 0.769 bits per heavy atom. The molecular formula is C24H25NO. The van der Waals surface area contributed by atoms with Crippen molar-refractivity contribution in [1.29, 1.82) is 0 Å². The normalized spacial score (nSPS) is 20.3. The summed E-state index contributed by atoms with van der Waals surface area (Å²) in [6, 6.07) is 29.6. The maximum absolute atomic E-state index is 11.0. The largest absolute Gasteiger partial charge is 0.378 e. The zero-order valence-corrected chi connectivity index (χ0v) is 15.0. The molecule has 0 amide bonds. The van der Waals surface area contributed by atoms with Gasteiger partial charge in [0.25, 0.3) is 0 Å². The van der Waals surface area contributed by atoms with Crippen LogP contribution in [-0.2, 0) is 13.0 Å². The highest BCUT2D eigenvalue weighted by molar-refractivity contribution is 5.36. The van der Waals surface area contributed by atoms with Gasteiger partial charge in [0.2, 0.25) is 0 Å². The van der Waals surface area contributed by atoms with Gasteiger partial charge in [-0.15, -0.1) is 0 Å². The average molecular weight is 343 g/mol. The Kier molecular flexibility index (Phi) is 5.14. The topological polar surface area (TPSA) is 23.5 Å². The molecule has 0 aliphatic carbocycles. The molecule has 2 nitrogen and oxygen atoms in total. The fraction of sp³-hybridized carbons (Fsp3) is 0.250. The van der Waals surface area contributed by atoms with Crippen molar-refractivity contribution in [2.75, 3.05) is 6.54 Å². The molecule has 3 aromatic carbocycles. The van der Waals surface area contributed by atoms with E-state index in [-0.39, 0.29) is 5.92 Å². The molecule has 132 valence electrons. The first-order valence-corrected chi connectivity index (χ1v) is 9.39. The van der Waals surface area contributed by atoms with E-state index in [4.69, 9.17) is 0 Å². The molecule has 1 fully saturated rings. The molecule has 26 heavy (non-hydrogen) atoms. The molecule has 3 aromatic rings. The van der Waals surface area contributed by atoms with Crippen LogP contribution in [0.5, 0.6) is 0 Å². The number of nitrogens with zero attached hydrogens (tertiary/aromatic N) is 1. The van der Waals surface area contributed by atoms with Crippen molar-refractivity contribution in [3.05, 3.63) is 107 Å². The Bertz CT molecular complexity index is 831. The van der Waals surface area contributed by atoms with Crippen LogP contribution < -0.4 is 0 Å². The van der Waals surface area contributed by atoms with Crippen molar-refractivity contribution in [2.24, 2.45) is 0 Å². The number of hydrogen-bond acceptors (Lipinski definition) is 2. The minimum absolute atomic E-state index is 0.179. The zero-order valence-electron chi connectivity index (χ0n) is 15.0. The van der Waals surface area contributed by atoms with Crippen LogP contribution in [0.2, 0.25) is 0 Å². The van der Waals surface area contributed by atoms with Crippen LogP contribution in [0.4, 0.5) is 0 Å². The van der Waals surface area contributed by atoms with Gasteiger partial charge in [0, 0.05) is 19.0 Å². The van der Waals surface area contributed by atoms with Gasteiger partial charge in [-0.25, -0.2) is 0 Å². The summed E-state index contributed by atoms with van der Waals surface area (Å²) in [5, 5.41) is 11.0. The van der Waals surface area contributed by atoms with E-state index in [0.717, 1.165) is 25.9 Å². The van der Waals surface area contributed by atoms with E-state index < -0.39 is 6.23 Å². The van der Waals surface area contributed by atoms with Crippen LogP contribution in [0.25, 0.3) is 0 Å². The van der Waals surface area contributed by atoms with Gasteiger partial charge in [0.15, 0.2) is 0 Å². The van der Waals surface area contributed by atoms with Gasteiger partial charge in [-0.2, -0.15) is 0 Å². The summed E-state index contributed by atoms with van der Waals surface area (Å²) in [7, 11) is 0. The summed E-state index contributed by atoms with van der Waals surface area (Å²) in [6.07, 6.45) is 1.49. The van der Waals surface area contributed by atoms with Crippen molar-refractivity contribution in [3.63, 3.8) is 0 Å². The molecule has 0 spiro atoms. The van der Waals surface area contributed by atoms with Crippen LogP contribution in [-0.4, -0.2) is 22.8 Å². The highest BCUT2D eigenvalue weighted by Crippen LogP contribution is 2.35. The van der Waals surface area contributed by atoms with Gasteiger partial charge in [-0.3, -0.25) is 4.90 Å². The van der Waals surface area contributed by atoms with Gasteiger partial charge >= 0.3 is 0 Å². The fourth-order valence-corrected chi connectivity index (χ4v) is 4.02. The number of aliphatic hydroxyl groups excluding tert-OH is 1. The van der Waals surface area contributed by atoms with Crippen LogP contribution in [0.3, 0.4) is 0 Å². The summed E-state index contributed by atoms with van der Waals surface area (Å²) in [5.74, 6) is 0.179. The third-order valence-corrected chi connectivity index (χ3v) is 5.38. The molecule has 0 radical (unpaired) electrons. The lowest BCUT2D eigenvalue weighted by Crippen LogP contribution is -2.31. The minimum Gasteiger partial charge on any atom is -0.378 e. The van der Waals surface area contributed by atoms with Gasteiger partial charge in [-0.1, -0.05) is 84.9 Å². The van der Waals surface area contributed by atoms with Crippen LogP contribution in [0, 0.1) is 0 Å². The number of benzene rings is 3. The first-order chi connectivity index (χ1) is 12.8. The van der Waals surface area contributed by atoms with Gasteiger partial charge < -0.3 is 5.11 Å². The van der Waals surface area contributed by atoms with E-state index >= 15 is 0 Å². The van der Waals surface area contributed by atoms with E-state index in [1.807, 2.05) is 6.07 Å². The first kappa shape index (κ1) is 17.0. The van der Waals surface area contributed by atoms with Crippen molar-refractivity contribution < 1.29 is 5.11 Å². The minimum atomic E-state index is -0.424. The Morgan fingerprint density at radius 3 is 2.12 bits per heavy atom. The van der Waals surface area contributed by atoms with Crippen LogP contribution >= 0.6 is 0 Å². The van der Waals surface area contributed by atoms with E-state index in [9.17, 15) is 5.11 Å². The summed E-state index contributed by atoms with van der Waals surface area (Å²) in [6.45, 7) is 1.74. The lowest BCUT2D eigenvalue weighted by molar-refractivity contribution is 0.0212. The van der Waals surface area contributed by atoms with Crippen molar-refractivity contribution in [3.8, 4) is 0 Å². The molecule has 0 bridgehead atoms. The summed E-state index contributed by atoms with van der Waals surface area (Å²) >= 11 is 0. The van der Waals surface area contributed by atoms with Crippen LogP contribution in [0.15, 0.2) is 84.9 Å². The maximum Gasteiger partial charge on any atom is 0.114 e. The quantitative estimate of drug-likeness (QED) is 0.733. The molecule has 1 heterocycles. The predicted molar refractivity (Wildman–Crippen MR) is 106 cm³/mol. The van der Waals surface area contributed by atoms with E-state index in [1.165, 1.54) is 22.3 Å². The van der Waals surface area contributed by atoms with Crippen LogP contribution in [0.1, 0.15) is 34.6 Å². The molecule has 1 N–H and O–H groups in total. The Balaban J connectivity index is 1.53. The Labute approximate surface area is 155 Å². The molecule has 1 aliphatic heterocycles. The maximum atomic E-state index is 11.0. The van der Waals surface area contributed by atoms with E-state index in [2.05, 4.69) is 83.8 Å². The third-order valence-electron chi connectivity index (χ3n) is 5.38. The molecule has 2 atom stereocenters. The highest BCUT2D eigenvalue weighted by atomic mass is 16.3. The summed E-state index contributed by atoms with van der Waals surface area (Å²) in [5.41, 5.74) is 5.18. The molecule has 2 heteroatoms. The zero-order chi connectivity index (χ0) is 17.8. The molecular weight excluding hydrogens is 318 g/mol. The van der Waals surface area contributed by atoms with Gasteiger partial charge in [-0.05, 0) is 35.1 Å². The predicted octanol–water partition coefficient (Wildman–Crippen LogP) is 4.59. The lowest BCUT2D eigenvalue weighted by Gasteiger charge is -2.25. The fourth-order valence-electron chi connectivity index (χ4n) is 4.02. The summed E-state index contributed by atoms with van der Waals surface area (Å²) in [4.78, 5) is 2.19.